The van der Waals surface area contributed by atoms with E-state index >= 15 is 0 Å². The van der Waals surface area contributed by atoms with Gasteiger partial charge in [-0.15, -0.1) is 0 Å². The lowest BCUT2D eigenvalue weighted by atomic mass is 10.0. The van der Waals surface area contributed by atoms with Crippen LogP contribution in [0.2, 0.25) is 10.0 Å². The molecule has 4 rings (SSSR count). The van der Waals surface area contributed by atoms with Crippen molar-refractivity contribution in [3.05, 3.63) is 39.6 Å². The highest BCUT2D eigenvalue weighted by molar-refractivity contribution is 6.39. The minimum Gasteiger partial charge on any atom is -0.381 e. The van der Waals surface area contributed by atoms with E-state index in [1.807, 2.05) is 18.2 Å². The predicted octanol–water partition coefficient (Wildman–Crippen LogP) is 4.41. The van der Waals surface area contributed by atoms with Gasteiger partial charge in [-0.1, -0.05) is 34.4 Å². The van der Waals surface area contributed by atoms with Crippen LogP contribution in [0.25, 0.3) is 11.3 Å². The van der Waals surface area contributed by atoms with Gasteiger partial charge in [0.25, 0.3) is 0 Å². The fourth-order valence-electron chi connectivity index (χ4n) is 4.03. The van der Waals surface area contributed by atoms with Crippen molar-refractivity contribution < 1.29 is 9.63 Å². The molecule has 5 nitrogen and oxygen atoms in total. The maximum absolute atomic E-state index is 9.45. The Kier molecular flexibility index (Phi) is 6.28. The smallest absolute Gasteiger partial charge is 0.143 e. The topological polar surface area (TPSA) is 52.7 Å². The Bertz CT molecular complexity index is 802. The number of aliphatic hydroxyl groups excluding tert-OH is 1. The number of halogens is 2. The van der Waals surface area contributed by atoms with E-state index in [1.165, 1.54) is 0 Å². The molecule has 0 spiro atoms. The van der Waals surface area contributed by atoms with Crippen molar-refractivity contribution in [2.45, 2.75) is 44.6 Å². The van der Waals surface area contributed by atoms with Crippen molar-refractivity contribution >= 4 is 23.2 Å². The summed E-state index contributed by atoms with van der Waals surface area (Å²) in [6, 6.07) is 6.02. The fourth-order valence-corrected chi connectivity index (χ4v) is 4.61. The molecule has 28 heavy (non-hydrogen) atoms. The molecule has 1 N–H and O–H groups in total. The van der Waals surface area contributed by atoms with E-state index in [9.17, 15) is 5.11 Å². The van der Waals surface area contributed by atoms with Gasteiger partial charge < -0.3 is 9.63 Å². The van der Waals surface area contributed by atoms with E-state index < -0.39 is 0 Å². The number of hydrogen-bond donors (Lipinski definition) is 1. The van der Waals surface area contributed by atoms with E-state index in [0.29, 0.717) is 22.0 Å². The van der Waals surface area contributed by atoms with Crippen LogP contribution in [0, 0.1) is 0 Å². The van der Waals surface area contributed by atoms with E-state index in [2.05, 4.69) is 21.9 Å². The summed E-state index contributed by atoms with van der Waals surface area (Å²) in [6.07, 6.45) is 4.23. The molecule has 1 aliphatic heterocycles. The van der Waals surface area contributed by atoms with E-state index in [-0.39, 0.29) is 6.73 Å². The summed E-state index contributed by atoms with van der Waals surface area (Å²) < 4.78 is 5.78. The summed E-state index contributed by atoms with van der Waals surface area (Å²) in [5.41, 5.74) is 2.71. The summed E-state index contributed by atoms with van der Waals surface area (Å²) >= 11 is 12.9. The van der Waals surface area contributed by atoms with Gasteiger partial charge in [-0.2, -0.15) is 0 Å². The van der Waals surface area contributed by atoms with Crippen LogP contribution >= 0.6 is 23.2 Å². The van der Waals surface area contributed by atoms with Gasteiger partial charge in [-0.05, 0) is 44.7 Å². The molecule has 152 valence electrons. The third kappa shape index (κ3) is 4.24. The average Bonchev–Trinajstić information content (AvgIpc) is 3.47. The first-order valence-corrected chi connectivity index (χ1v) is 10.8. The number of hydrogen-bond acceptors (Lipinski definition) is 5. The second kappa shape index (κ2) is 8.72. The molecule has 2 aliphatic rings. The van der Waals surface area contributed by atoms with Crippen LogP contribution in [-0.2, 0) is 6.42 Å². The summed E-state index contributed by atoms with van der Waals surface area (Å²) in [7, 11) is 0. The molecule has 1 saturated carbocycles. The fraction of sp³-hybridized carbons (Fsp3) is 0.571. The lowest BCUT2D eigenvalue weighted by Crippen LogP contribution is -2.36. The quantitative estimate of drug-likeness (QED) is 0.745. The van der Waals surface area contributed by atoms with Crippen LogP contribution in [-0.4, -0.2) is 59.0 Å². The van der Waals surface area contributed by atoms with Gasteiger partial charge in [0.05, 0.1) is 16.8 Å². The maximum Gasteiger partial charge on any atom is 0.143 e. The summed E-state index contributed by atoms with van der Waals surface area (Å²) in [4.78, 5) is 4.60. The van der Waals surface area contributed by atoms with Gasteiger partial charge >= 0.3 is 0 Å². The van der Waals surface area contributed by atoms with E-state index in [1.54, 1.807) is 0 Å². The van der Waals surface area contributed by atoms with Gasteiger partial charge in [-0.3, -0.25) is 9.80 Å². The average molecular weight is 424 g/mol. The minimum atomic E-state index is 0.132. The number of aromatic nitrogens is 1. The Hall–Kier alpha value is -1.11. The highest BCUT2D eigenvalue weighted by Gasteiger charge is 2.33. The van der Waals surface area contributed by atoms with Crippen molar-refractivity contribution in [1.29, 1.82) is 0 Å². The Labute approximate surface area is 176 Å². The Morgan fingerprint density at radius 3 is 2.57 bits per heavy atom. The van der Waals surface area contributed by atoms with Gasteiger partial charge in [0.1, 0.15) is 11.5 Å². The van der Waals surface area contributed by atoms with E-state index in [4.69, 9.17) is 27.7 Å². The SMILES string of the molecule is CC1CCN(CO)CCN1CCc1c(-c2c(Cl)cccc2Cl)noc1C1CC1. The minimum absolute atomic E-state index is 0.132. The molecule has 0 radical (unpaired) electrons. The number of nitrogens with zero attached hydrogens (tertiary/aromatic N) is 3. The maximum atomic E-state index is 9.45. The lowest BCUT2D eigenvalue weighted by molar-refractivity contribution is 0.110. The monoisotopic (exact) mass is 423 g/mol. The highest BCUT2D eigenvalue weighted by atomic mass is 35.5. The molecule has 2 heterocycles. The second-order valence-corrected chi connectivity index (χ2v) is 8.74. The number of benzene rings is 1. The second-order valence-electron chi connectivity index (χ2n) is 7.93. The van der Waals surface area contributed by atoms with Crippen LogP contribution in [0.4, 0.5) is 0 Å². The van der Waals surface area contributed by atoms with Gasteiger partial charge in [0.2, 0.25) is 0 Å². The molecular weight excluding hydrogens is 397 g/mol. The van der Waals surface area contributed by atoms with Gasteiger partial charge in [0, 0.05) is 49.3 Å². The molecule has 7 heteroatoms. The number of aliphatic hydroxyl groups is 1. The Morgan fingerprint density at radius 1 is 1.14 bits per heavy atom. The summed E-state index contributed by atoms with van der Waals surface area (Å²) in [6.45, 7) is 6.11. The van der Waals surface area contributed by atoms with Crippen LogP contribution in [0.1, 0.15) is 43.4 Å². The van der Waals surface area contributed by atoms with Crippen molar-refractivity contribution in [2.75, 3.05) is 32.9 Å². The first kappa shape index (κ1) is 20.2. The third-order valence-electron chi connectivity index (χ3n) is 6.01. The molecule has 1 aromatic carbocycles. The van der Waals surface area contributed by atoms with Crippen molar-refractivity contribution in [2.24, 2.45) is 0 Å². The number of rotatable bonds is 6. The first-order chi connectivity index (χ1) is 13.6. The normalized spacial score (nSPS) is 21.8. The largest absolute Gasteiger partial charge is 0.381 e. The molecule has 2 aromatic rings. The molecule has 1 saturated heterocycles. The summed E-state index contributed by atoms with van der Waals surface area (Å²) in [5.74, 6) is 1.48. The van der Waals surface area contributed by atoms with Crippen LogP contribution in [0.3, 0.4) is 0 Å². The molecule has 0 amide bonds. The highest BCUT2D eigenvalue weighted by Crippen LogP contribution is 2.46. The molecule has 1 unspecified atom stereocenters. The zero-order chi connectivity index (χ0) is 19.7. The molecule has 2 fully saturated rings. The first-order valence-electron chi connectivity index (χ1n) is 10.1. The van der Waals surface area contributed by atoms with Gasteiger partial charge in [-0.25, -0.2) is 0 Å². The molecular formula is C21H27Cl2N3O2. The van der Waals surface area contributed by atoms with Crippen molar-refractivity contribution in [3.8, 4) is 11.3 Å². The van der Waals surface area contributed by atoms with Crippen LogP contribution < -0.4 is 0 Å². The lowest BCUT2D eigenvalue weighted by Gasteiger charge is -2.26. The zero-order valence-electron chi connectivity index (χ0n) is 16.2. The molecule has 1 aromatic heterocycles. The zero-order valence-corrected chi connectivity index (χ0v) is 17.7. The summed E-state index contributed by atoms with van der Waals surface area (Å²) in [5, 5.41) is 15.0. The Morgan fingerprint density at radius 2 is 1.89 bits per heavy atom. The third-order valence-corrected chi connectivity index (χ3v) is 6.64. The van der Waals surface area contributed by atoms with Crippen LogP contribution in [0.15, 0.2) is 22.7 Å². The van der Waals surface area contributed by atoms with Gasteiger partial charge in [0.15, 0.2) is 0 Å². The predicted molar refractivity (Wildman–Crippen MR) is 112 cm³/mol. The standard InChI is InChI=1S/C21H27Cl2N3O2/c1-14-7-9-25(13-27)11-12-26(14)10-8-16-20(24-28-21(16)15-5-6-15)19-17(22)3-2-4-18(19)23/h2-4,14-15,27H,5-13H2,1H3. The molecule has 1 atom stereocenters. The van der Waals surface area contributed by atoms with Crippen LogP contribution in [0.5, 0.6) is 0 Å². The van der Waals surface area contributed by atoms with Crippen molar-refractivity contribution in [3.63, 3.8) is 0 Å². The van der Waals surface area contributed by atoms with Crippen molar-refractivity contribution in [1.82, 2.24) is 15.0 Å². The van der Waals surface area contributed by atoms with E-state index in [0.717, 1.165) is 74.4 Å². The molecule has 1 aliphatic carbocycles. The Balaban J connectivity index is 1.58. The molecule has 0 bridgehead atoms.